The van der Waals surface area contributed by atoms with E-state index in [0.717, 1.165) is 6.33 Å². The predicted octanol–water partition coefficient (Wildman–Crippen LogP) is 1.81. The molecule has 10 atom stereocenters. The number of ether oxygens (including phenoxy) is 4. The van der Waals surface area contributed by atoms with E-state index in [4.69, 9.17) is 27.7 Å². The van der Waals surface area contributed by atoms with Gasteiger partial charge in [0.15, 0.2) is 41.5 Å². The number of carbonyl (C=O) groups excluding carboxylic acids is 5. The Morgan fingerprint density at radius 2 is 1.67 bits per heavy atom. The summed E-state index contributed by atoms with van der Waals surface area (Å²) >= 11 is 0. The molecule has 31 nitrogen and oxygen atoms in total. The first kappa shape index (κ1) is 62.2. The number of hydrogen-bond acceptors (Lipinski definition) is 22. The van der Waals surface area contributed by atoms with Crippen LogP contribution in [0, 0.1) is 5.92 Å². The van der Waals surface area contributed by atoms with Gasteiger partial charge in [-0.15, -0.1) is 9.42 Å². The molecule has 0 bridgehead atoms. The Bertz CT molecular complexity index is 3570. The summed E-state index contributed by atoms with van der Waals surface area (Å²) < 4.78 is 92.0. The highest BCUT2D eigenvalue weighted by Crippen LogP contribution is 2.39. The van der Waals surface area contributed by atoms with Crippen LogP contribution < -0.4 is 36.9 Å². The quantitative estimate of drug-likeness (QED) is 0.0308. The van der Waals surface area contributed by atoms with Crippen molar-refractivity contribution in [1.82, 2.24) is 59.7 Å². The summed E-state index contributed by atoms with van der Waals surface area (Å²) in [5, 5.41) is 23.4. The second kappa shape index (κ2) is 26.8. The molecule has 8 rings (SSSR count). The third-order valence-electron chi connectivity index (χ3n) is 12.8. The van der Waals surface area contributed by atoms with Crippen LogP contribution in [-0.2, 0) is 70.1 Å². The van der Waals surface area contributed by atoms with Crippen LogP contribution in [0.25, 0.3) is 22.3 Å². The minimum Gasteiger partial charge on any atom is -0.460 e. The van der Waals surface area contributed by atoms with Gasteiger partial charge < -0.3 is 45.3 Å². The van der Waals surface area contributed by atoms with Crippen LogP contribution in [0.15, 0.2) is 78.5 Å². The number of alkyl carbamates (subject to hydrolysis) is 1. The Morgan fingerprint density at radius 3 is 2.38 bits per heavy atom. The van der Waals surface area contributed by atoms with E-state index in [1.54, 1.807) is 77.1 Å². The maximum Gasteiger partial charge on any atom is 0.695 e. The number of aromatic nitrogens is 8. The number of fused-ring (bicyclic) bond motifs is 2. The largest absolute Gasteiger partial charge is 0.695 e. The third-order valence-corrected chi connectivity index (χ3v) is 14.3. The number of amides is 4. The molecule has 1 unspecified atom stereocenters. The van der Waals surface area contributed by atoms with Gasteiger partial charge in [0.1, 0.15) is 48.3 Å². The molecule has 9 N–H and O–H groups in total. The second-order valence-electron chi connectivity index (χ2n) is 20.6. The van der Waals surface area contributed by atoms with Crippen LogP contribution in [0.3, 0.4) is 0 Å². The van der Waals surface area contributed by atoms with Gasteiger partial charge in [-0.25, -0.2) is 33.3 Å². The summed E-state index contributed by atoms with van der Waals surface area (Å²) in [7, 11) is -8.22. The fourth-order valence-electron chi connectivity index (χ4n) is 8.86. The van der Waals surface area contributed by atoms with Gasteiger partial charge in [-0.3, -0.25) is 43.4 Å². The first-order valence-electron chi connectivity index (χ1n) is 26.0. The van der Waals surface area contributed by atoms with E-state index < -0.39 is 128 Å². The number of aliphatic hydroxyl groups excluding tert-OH is 1. The SMILES string of the molecule is CC(C)[C@H](NC(=O)OC(C)(C)C)C(=O)N[C@@H](C)C(=O)Nc1ccc(COC(=O)CNCc2ccccc2C(=O)Nc2nc3c(ncn3[C@@H]3O[C@H](CO)C[C@H]3OS(=O)(=O)NC[C@H]3O[C@@H](n4cnc5cncnc54)[C@H](F)[C@@H]3O[P+](=O)O)c(=O)[nH]2)cc1. The zero-order valence-electron chi connectivity index (χ0n) is 45.8. The average Bonchev–Trinajstić information content (AvgIpc) is 2.37. The topological polar surface area (TPSA) is 412 Å². The number of aliphatic hydroxyl groups is 1. The Hall–Kier alpha value is -7.85. The van der Waals surface area contributed by atoms with Crippen LogP contribution in [0.4, 0.5) is 20.8 Å². The number of halogens is 1. The highest BCUT2D eigenvalue weighted by Gasteiger charge is 2.52. The summed E-state index contributed by atoms with van der Waals surface area (Å²) in [5.41, 5.74) is -0.0403. The van der Waals surface area contributed by atoms with Crippen molar-refractivity contribution in [2.24, 2.45) is 5.92 Å². The number of nitrogens with zero attached hydrogens (tertiary/aromatic N) is 7. The number of aromatic amines is 1. The average molecular weight is 1210 g/mol. The first-order valence-corrected chi connectivity index (χ1v) is 28.5. The van der Waals surface area contributed by atoms with Crippen molar-refractivity contribution in [2.75, 3.05) is 30.3 Å². The van der Waals surface area contributed by atoms with Gasteiger partial charge in [-0.05, 0) is 62.9 Å². The lowest BCUT2D eigenvalue weighted by Gasteiger charge is -2.26. The molecule has 0 radical (unpaired) electrons. The van der Waals surface area contributed by atoms with Crippen molar-refractivity contribution in [3.8, 4) is 0 Å². The molecule has 2 aliphatic heterocycles. The van der Waals surface area contributed by atoms with Crippen LogP contribution in [0.2, 0.25) is 0 Å². The molecule has 450 valence electrons. The van der Waals surface area contributed by atoms with Gasteiger partial charge in [-0.2, -0.15) is 18.1 Å². The molecule has 0 saturated carbocycles. The molecular formula is C50H61FN14O17PS+. The highest BCUT2D eigenvalue weighted by atomic mass is 32.2. The zero-order chi connectivity index (χ0) is 60.6. The molecule has 2 aromatic carbocycles. The van der Waals surface area contributed by atoms with Gasteiger partial charge in [0.2, 0.25) is 17.8 Å². The van der Waals surface area contributed by atoms with Crippen LogP contribution in [0.5, 0.6) is 0 Å². The van der Waals surface area contributed by atoms with Crippen LogP contribution in [-0.4, -0.2) is 155 Å². The molecule has 6 heterocycles. The van der Waals surface area contributed by atoms with Crippen molar-refractivity contribution < 1.29 is 79.0 Å². The molecule has 34 heteroatoms. The van der Waals surface area contributed by atoms with E-state index in [1.807, 2.05) is 0 Å². The molecular weight excluding hydrogens is 1150 g/mol. The zero-order valence-corrected chi connectivity index (χ0v) is 47.5. The van der Waals surface area contributed by atoms with Crippen molar-refractivity contribution in [3.63, 3.8) is 0 Å². The Balaban J connectivity index is 0.833. The summed E-state index contributed by atoms with van der Waals surface area (Å²) in [4.78, 5) is 111. The van der Waals surface area contributed by atoms with Crippen LogP contribution >= 0.6 is 8.25 Å². The molecule has 0 aliphatic carbocycles. The van der Waals surface area contributed by atoms with Crippen LogP contribution in [0.1, 0.15) is 81.9 Å². The number of benzene rings is 2. The van der Waals surface area contributed by atoms with E-state index in [2.05, 4.69) is 61.2 Å². The normalized spacial score (nSPS) is 20.8. The van der Waals surface area contributed by atoms with Crippen molar-refractivity contribution in [2.45, 2.75) is 122 Å². The molecule has 84 heavy (non-hydrogen) atoms. The fraction of sp³-hybridized carbons (Fsp3) is 0.460. The number of hydrogen-bond donors (Lipinski definition) is 9. The first-order chi connectivity index (χ1) is 39.9. The number of carbonyl (C=O) groups is 5. The van der Waals surface area contributed by atoms with E-state index >= 15 is 4.39 Å². The molecule has 2 aliphatic rings. The minimum atomic E-state index is -4.83. The van der Waals surface area contributed by atoms with Gasteiger partial charge in [0.25, 0.3) is 11.5 Å². The summed E-state index contributed by atoms with van der Waals surface area (Å²) in [6, 6.07) is 10.9. The van der Waals surface area contributed by atoms with Gasteiger partial charge in [-0.1, -0.05) is 44.2 Å². The molecule has 6 aromatic rings. The van der Waals surface area contributed by atoms with Crippen molar-refractivity contribution >= 4 is 82.3 Å². The molecule has 4 aromatic heterocycles. The van der Waals surface area contributed by atoms with E-state index in [-0.39, 0.29) is 65.9 Å². The lowest BCUT2D eigenvalue weighted by Crippen LogP contribution is -2.54. The van der Waals surface area contributed by atoms with Gasteiger partial charge >= 0.3 is 30.6 Å². The molecule has 2 saturated heterocycles. The number of rotatable bonds is 24. The number of alkyl halides is 1. The fourth-order valence-corrected chi connectivity index (χ4v) is 10.3. The summed E-state index contributed by atoms with van der Waals surface area (Å²) in [6.07, 6.45) is -6.83. The number of anilines is 2. The Kier molecular flexibility index (Phi) is 19.9. The Morgan fingerprint density at radius 1 is 0.940 bits per heavy atom. The number of nitrogens with one attached hydrogen (secondary N) is 7. The van der Waals surface area contributed by atoms with Gasteiger partial charge in [0.05, 0.1) is 38.1 Å². The Labute approximate surface area is 478 Å². The lowest BCUT2D eigenvalue weighted by atomic mass is 10.0. The van der Waals surface area contributed by atoms with E-state index in [9.17, 15) is 51.8 Å². The maximum absolute atomic E-state index is 15.9. The number of imidazole rings is 2. The van der Waals surface area contributed by atoms with Gasteiger partial charge in [0, 0.05) is 35.3 Å². The predicted molar refractivity (Wildman–Crippen MR) is 291 cm³/mol. The molecule has 0 spiro atoms. The minimum absolute atomic E-state index is 0.00591. The standard InChI is InChI=1S/C50H60FN14O17PS/c1-25(2)37(60-49(72)80-50(4,5)6)44(70)58-26(3)42(68)59-29-13-11-27(12-14-29)21-77-35(67)19-52-16-28-9-7-8-10-31(28)43(69)62-48-61-41-38(45(71)63-48)56-24-65(41)46-33(15-30(20-66)78-46)82-84(75,76)57-18-34-39(81-83(73)74)36(51)47(79-34)64-23-55-32-17-53-22-54-40(32)64/h7-14,17,22-26,30,33-34,36-37,39,46-47,52,57,66H,15-16,18-21H2,1-6H3,(H5-,58,59,60,61,62,63,68,69,70,71,72,73,74)/p+1/t26-,30-,33+,34+,36+,37-,39+,46+,47+/m0/s1. The molecule has 4 amide bonds. The van der Waals surface area contributed by atoms with Crippen molar-refractivity contribution in [3.05, 3.63) is 101 Å². The summed E-state index contributed by atoms with van der Waals surface area (Å²) in [5.74, 6) is -3.12. The van der Waals surface area contributed by atoms with E-state index in [0.29, 0.717) is 16.8 Å². The highest BCUT2D eigenvalue weighted by molar-refractivity contribution is 7.84. The monoisotopic (exact) mass is 1210 g/mol. The lowest BCUT2D eigenvalue weighted by molar-refractivity contribution is -0.143. The second-order valence-corrected chi connectivity index (χ2v) is 22.7. The molecule has 2 fully saturated rings. The third kappa shape index (κ3) is 15.7. The number of H-pyrrole nitrogens is 1. The summed E-state index contributed by atoms with van der Waals surface area (Å²) in [6.45, 7) is 8.35. The number of esters is 1. The van der Waals surface area contributed by atoms with E-state index in [1.165, 1.54) is 41.0 Å². The smallest absolute Gasteiger partial charge is 0.460 e. The maximum atomic E-state index is 15.9. The van der Waals surface area contributed by atoms with Crippen molar-refractivity contribution in [1.29, 1.82) is 0 Å².